The number of aromatic nitrogens is 4. The van der Waals surface area contributed by atoms with Crippen LogP contribution >= 0.6 is 0 Å². The molecule has 0 atom stereocenters. The zero-order valence-electron chi connectivity index (χ0n) is 21.7. The number of alkyl halides is 3. The van der Waals surface area contributed by atoms with Crippen LogP contribution < -0.4 is 10.6 Å². The van der Waals surface area contributed by atoms with Crippen molar-refractivity contribution in [3.8, 4) is 11.8 Å². The van der Waals surface area contributed by atoms with Gasteiger partial charge in [0, 0.05) is 56.4 Å². The van der Waals surface area contributed by atoms with Crippen LogP contribution in [0.15, 0.2) is 61.1 Å². The fraction of sp³-hybridized carbons (Fsp3) is 0.286. The van der Waals surface area contributed by atoms with E-state index in [9.17, 15) is 18.0 Å². The molecule has 5 rings (SSSR count). The minimum absolute atomic E-state index is 0.0282. The molecular formula is C28H27F3N8O. The average Bonchev–Trinajstić information content (AvgIpc) is 3.36. The fourth-order valence-corrected chi connectivity index (χ4v) is 4.47. The van der Waals surface area contributed by atoms with E-state index < -0.39 is 17.8 Å². The zero-order chi connectivity index (χ0) is 28.1. The lowest BCUT2D eigenvalue weighted by Gasteiger charge is -2.34. The maximum atomic E-state index is 13.9. The average molecular weight is 549 g/mol. The molecule has 40 heavy (non-hydrogen) atoms. The zero-order valence-corrected chi connectivity index (χ0v) is 21.7. The SMILES string of the molecule is CCN1CCN(Cc2ccc(NC(=O)Nc3cc(C#Cc4cnc5cccnn45)ccn3)cc2C(F)(F)F)CC1. The fourth-order valence-electron chi connectivity index (χ4n) is 4.47. The van der Waals surface area contributed by atoms with E-state index in [0.29, 0.717) is 30.0 Å². The number of nitrogens with zero attached hydrogens (tertiary/aromatic N) is 6. The van der Waals surface area contributed by atoms with Gasteiger partial charge in [0.15, 0.2) is 5.65 Å². The maximum absolute atomic E-state index is 13.9. The molecule has 12 heteroatoms. The van der Waals surface area contributed by atoms with E-state index in [0.717, 1.165) is 25.7 Å². The Morgan fingerprint density at radius 3 is 2.55 bits per heavy atom. The number of imidazole rings is 1. The number of fused-ring (bicyclic) bond motifs is 1. The molecule has 0 bridgehead atoms. The number of urea groups is 1. The van der Waals surface area contributed by atoms with Gasteiger partial charge in [-0.1, -0.05) is 18.9 Å². The van der Waals surface area contributed by atoms with Crippen LogP contribution in [0.3, 0.4) is 0 Å². The van der Waals surface area contributed by atoms with Crippen molar-refractivity contribution in [2.24, 2.45) is 0 Å². The molecule has 0 spiro atoms. The number of rotatable bonds is 5. The third-order valence-corrected chi connectivity index (χ3v) is 6.59. The summed E-state index contributed by atoms with van der Waals surface area (Å²) in [5, 5.41) is 9.24. The van der Waals surface area contributed by atoms with Gasteiger partial charge in [0.1, 0.15) is 11.5 Å². The predicted octanol–water partition coefficient (Wildman–Crippen LogP) is 4.32. The number of benzene rings is 1. The molecule has 1 aromatic carbocycles. The van der Waals surface area contributed by atoms with Crippen molar-refractivity contribution in [1.29, 1.82) is 0 Å². The number of likely N-dealkylation sites (N-methyl/N-ethyl adjacent to an activating group) is 1. The van der Waals surface area contributed by atoms with Crippen LogP contribution in [0.4, 0.5) is 29.5 Å². The lowest BCUT2D eigenvalue weighted by molar-refractivity contribution is -0.138. The molecule has 2 N–H and O–H groups in total. The summed E-state index contributed by atoms with van der Waals surface area (Å²) in [6.07, 6.45) is 0.158. The summed E-state index contributed by atoms with van der Waals surface area (Å²) in [7, 11) is 0. The monoisotopic (exact) mass is 548 g/mol. The van der Waals surface area contributed by atoms with Gasteiger partial charge in [-0.15, -0.1) is 0 Å². The van der Waals surface area contributed by atoms with E-state index in [-0.39, 0.29) is 23.6 Å². The molecule has 4 heterocycles. The Balaban J connectivity index is 1.25. The van der Waals surface area contributed by atoms with Crippen LogP contribution in [0, 0.1) is 11.8 Å². The second-order valence-electron chi connectivity index (χ2n) is 9.28. The van der Waals surface area contributed by atoms with E-state index in [1.54, 1.807) is 35.1 Å². The third kappa shape index (κ3) is 6.56. The van der Waals surface area contributed by atoms with Crippen LogP contribution in [0.25, 0.3) is 5.65 Å². The van der Waals surface area contributed by atoms with Crippen LogP contribution in [0.2, 0.25) is 0 Å². The Morgan fingerprint density at radius 2 is 1.77 bits per heavy atom. The normalized spacial score (nSPS) is 14.5. The number of hydrogen-bond donors (Lipinski definition) is 2. The summed E-state index contributed by atoms with van der Waals surface area (Å²) in [5.41, 5.74) is 1.27. The van der Waals surface area contributed by atoms with E-state index in [4.69, 9.17) is 0 Å². The molecule has 0 saturated carbocycles. The molecule has 206 valence electrons. The number of carbonyl (C=O) groups excluding carboxylic acids is 1. The van der Waals surface area contributed by atoms with Crippen LogP contribution in [-0.4, -0.2) is 68.1 Å². The number of hydrogen-bond acceptors (Lipinski definition) is 6. The summed E-state index contributed by atoms with van der Waals surface area (Å²) < 4.78 is 43.3. The summed E-state index contributed by atoms with van der Waals surface area (Å²) in [5.74, 6) is 6.16. The Morgan fingerprint density at radius 1 is 0.975 bits per heavy atom. The molecular weight excluding hydrogens is 521 g/mol. The standard InChI is InChI=1S/C28H27F3N8O/c1-2-37-12-14-38(15-13-37)19-21-6-7-22(17-24(21)28(29,30)31)35-27(40)36-25-16-20(9-11-32-25)5-8-23-18-33-26-4-3-10-34-39(23)26/h3-4,6-7,9-11,16-18H,2,12-15,19H2,1H3,(H2,32,35,36,40). The second kappa shape index (κ2) is 11.7. The topological polar surface area (TPSA) is 90.7 Å². The van der Waals surface area contributed by atoms with Crippen molar-refractivity contribution in [2.75, 3.05) is 43.4 Å². The molecule has 1 aliphatic heterocycles. The van der Waals surface area contributed by atoms with E-state index in [1.165, 1.54) is 18.3 Å². The molecule has 1 saturated heterocycles. The van der Waals surface area contributed by atoms with Crippen molar-refractivity contribution in [2.45, 2.75) is 19.6 Å². The molecule has 2 amide bonds. The first-order valence-corrected chi connectivity index (χ1v) is 12.8. The van der Waals surface area contributed by atoms with Crippen LogP contribution in [0.1, 0.15) is 29.3 Å². The van der Waals surface area contributed by atoms with Gasteiger partial charge in [0.25, 0.3) is 0 Å². The Labute approximate surface area is 229 Å². The molecule has 0 aliphatic carbocycles. The van der Waals surface area contributed by atoms with Crippen molar-refractivity contribution in [1.82, 2.24) is 29.4 Å². The van der Waals surface area contributed by atoms with Gasteiger partial charge >= 0.3 is 12.2 Å². The minimum atomic E-state index is -4.56. The largest absolute Gasteiger partial charge is 0.416 e. The first kappa shape index (κ1) is 27.1. The lowest BCUT2D eigenvalue weighted by atomic mass is 10.0. The van der Waals surface area contributed by atoms with Gasteiger partial charge in [-0.3, -0.25) is 10.2 Å². The number of nitrogens with one attached hydrogen (secondary N) is 2. The predicted molar refractivity (Wildman–Crippen MR) is 145 cm³/mol. The van der Waals surface area contributed by atoms with E-state index in [2.05, 4.69) is 49.4 Å². The highest BCUT2D eigenvalue weighted by molar-refractivity contribution is 5.99. The van der Waals surface area contributed by atoms with E-state index in [1.807, 2.05) is 11.0 Å². The molecule has 3 aromatic heterocycles. The highest BCUT2D eigenvalue weighted by atomic mass is 19.4. The van der Waals surface area contributed by atoms with Crippen molar-refractivity contribution in [3.63, 3.8) is 0 Å². The summed E-state index contributed by atoms with van der Waals surface area (Å²) in [4.78, 5) is 25.2. The molecule has 1 aliphatic rings. The summed E-state index contributed by atoms with van der Waals surface area (Å²) >= 11 is 0. The van der Waals surface area contributed by atoms with Crippen molar-refractivity contribution in [3.05, 3.63) is 83.4 Å². The van der Waals surface area contributed by atoms with Gasteiger partial charge in [0.2, 0.25) is 0 Å². The van der Waals surface area contributed by atoms with Gasteiger partial charge in [-0.2, -0.15) is 18.3 Å². The van der Waals surface area contributed by atoms with Gasteiger partial charge in [-0.25, -0.2) is 19.3 Å². The Bertz CT molecular complexity index is 1570. The highest BCUT2D eigenvalue weighted by Crippen LogP contribution is 2.34. The summed E-state index contributed by atoms with van der Waals surface area (Å²) in [6, 6.07) is 9.97. The number of amides is 2. The van der Waals surface area contributed by atoms with Gasteiger partial charge < -0.3 is 10.2 Å². The van der Waals surface area contributed by atoms with Crippen LogP contribution in [0.5, 0.6) is 0 Å². The number of pyridine rings is 1. The number of anilines is 2. The third-order valence-electron chi connectivity index (χ3n) is 6.59. The minimum Gasteiger partial charge on any atom is -0.308 e. The molecule has 0 unspecified atom stereocenters. The lowest BCUT2D eigenvalue weighted by Crippen LogP contribution is -2.45. The van der Waals surface area contributed by atoms with Gasteiger partial charge in [-0.05, 0) is 54.4 Å². The number of piperazine rings is 1. The molecule has 4 aromatic rings. The first-order valence-electron chi connectivity index (χ1n) is 12.8. The Hall–Kier alpha value is -4.47. The number of halogens is 3. The number of carbonyl (C=O) groups is 1. The van der Waals surface area contributed by atoms with Gasteiger partial charge in [0.05, 0.1) is 11.8 Å². The molecule has 9 nitrogen and oxygen atoms in total. The van der Waals surface area contributed by atoms with Crippen molar-refractivity contribution >= 4 is 23.2 Å². The van der Waals surface area contributed by atoms with Crippen molar-refractivity contribution < 1.29 is 18.0 Å². The molecule has 1 fully saturated rings. The Kier molecular flexibility index (Phi) is 7.95. The second-order valence-corrected chi connectivity index (χ2v) is 9.28. The maximum Gasteiger partial charge on any atom is 0.416 e. The smallest absolute Gasteiger partial charge is 0.308 e. The summed E-state index contributed by atoms with van der Waals surface area (Å²) in [6.45, 7) is 6.27. The highest BCUT2D eigenvalue weighted by Gasteiger charge is 2.34. The first-order chi connectivity index (χ1) is 19.3. The quantitative estimate of drug-likeness (QED) is 0.361. The van der Waals surface area contributed by atoms with Crippen LogP contribution in [-0.2, 0) is 12.7 Å². The molecule has 0 radical (unpaired) electrons. The van der Waals surface area contributed by atoms with E-state index >= 15 is 0 Å².